The maximum absolute atomic E-state index is 11.1. The quantitative estimate of drug-likeness (QED) is 0.732. The molecule has 0 saturated carbocycles. The van der Waals surface area contributed by atoms with E-state index in [2.05, 4.69) is 6.92 Å². The van der Waals surface area contributed by atoms with Gasteiger partial charge in [-0.05, 0) is 17.7 Å². The lowest BCUT2D eigenvalue weighted by Crippen LogP contribution is -2.16. The summed E-state index contributed by atoms with van der Waals surface area (Å²) in [7, 11) is 1.65. The Balaban J connectivity index is 2.00. The number of carbonyl (C=O) groups excluding carboxylic acids is 1. The predicted octanol–water partition coefficient (Wildman–Crippen LogP) is 2.19. The van der Waals surface area contributed by atoms with E-state index in [0.29, 0.717) is 12.3 Å². The van der Waals surface area contributed by atoms with Crippen LogP contribution >= 0.6 is 0 Å². The first-order valence-electron chi connectivity index (χ1n) is 5.51. The van der Waals surface area contributed by atoms with Crippen molar-refractivity contribution in [2.45, 2.75) is 25.9 Å². The highest BCUT2D eigenvalue weighted by atomic mass is 16.5. The van der Waals surface area contributed by atoms with Gasteiger partial charge < -0.3 is 9.47 Å². The summed E-state index contributed by atoms with van der Waals surface area (Å²) in [5.41, 5.74) is 1.17. The van der Waals surface area contributed by atoms with E-state index in [1.165, 1.54) is 5.56 Å². The molecule has 0 radical (unpaired) electrons. The first-order chi connectivity index (χ1) is 7.69. The second kappa shape index (κ2) is 4.56. The minimum absolute atomic E-state index is 0.0286. The fraction of sp³-hybridized carbons (Fsp3) is 0.462. The number of rotatable bonds is 3. The van der Waals surface area contributed by atoms with E-state index in [4.69, 9.17) is 9.47 Å². The first-order valence-corrected chi connectivity index (χ1v) is 5.51. The van der Waals surface area contributed by atoms with E-state index in [1.807, 2.05) is 24.3 Å². The Morgan fingerprint density at radius 3 is 2.56 bits per heavy atom. The molecule has 2 atom stereocenters. The van der Waals surface area contributed by atoms with Gasteiger partial charge in [0.2, 0.25) is 0 Å². The Labute approximate surface area is 95.4 Å². The summed E-state index contributed by atoms with van der Waals surface area (Å²) >= 11 is 0. The third-order valence-electron chi connectivity index (χ3n) is 3.00. The molecule has 2 rings (SSSR count). The second-order valence-corrected chi connectivity index (χ2v) is 4.26. The molecule has 3 nitrogen and oxygen atoms in total. The average molecular weight is 220 g/mol. The molecule has 0 spiro atoms. The van der Waals surface area contributed by atoms with Crippen LogP contribution in [0.3, 0.4) is 0 Å². The lowest BCUT2D eigenvalue weighted by molar-refractivity contribution is -0.141. The fourth-order valence-corrected chi connectivity index (χ4v) is 1.96. The van der Waals surface area contributed by atoms with Crippen molar-refractivity contribution in [1.29, 1.82) is 0 Å². The molecule has 0 aromatic heterocycles. The van der Waals surface area contributed by atoms with Crippen molar-refractivity contribution >= 4 is 5.97 Å². The second-order valence-electron chi connectivity index (χ2n) is 4.26. The van der Waals surface area contributed by atoms with Crippen LogP contribution in [0.1, 0.15) is 18.9 Å². The van der Waals surface area contributed by atoms with Crippen LogP contribution in [0.25, 0.3) is 0 Å². The van der Waals surface area contributed by atoms with Gasteiger partial charge in [0, 0.05) is 12.3 Å². The van der Waals surface area contributed by atoms with E-state index in [0.717, 1.165) is 12.2 Å². The van der Waals surface area contributed by atoms with Crippen LogP contribution in [0, 0.1) is 5.92 Å². The zero-order chi connectivity index (χ0) is 11.5. The molecule has 0 aliphatic carbocycles. The summed E-state index contributed by atoms with van der Waals surface area (Å²) in [6, 6.07) is 7.88. The van der Waals surface area contributed by atoms with Crippen LogP contribution in [0.15, 0.2) is 24.3 Å². The summed E-state index contributed by atoms with van der Waals surface area (Å²) in [5.74, 6) is 1.08. The van der Waals surface area contributed by atoms with E-state index >= 15 is 0 Å². The molecule has 1 aliphatic heterocycles. The number of benzene rings is 1. The Kier molecular flexibility index (Phi) is 3.13. The molecule has 1 aromatic rings. The molecule has 0 amide bonds. The van der Waals surface area contributed by atoms with E-state index in [-0.39, 0.29) is 12.1 Å². The summed E-state index contributed by atoms with van der Waals surface area (Å²) < 4.78 is 10.4. The molecule has 0 N–H and O–H groups in total. The largest absolute Gasteiger partial charge is 0.497 e. The van der Waals surface area contributed by atoms with Crippen molar-refractivity contribution in [3.8, 4) is 5.75 Å². The molecule has 1 heterocycles. The molecule has 86 valence electrons. The van der Waals surface area contributed by atoms with E-state index in [1.54, 1.807) is 7.11 Å². The topological polar surface area (TPSA) is 35.5 Å². The Bertz CT molecular complexity index is 369. The Morgan fingerprint density at radius 2 is 2.06 bits per heavy atom. The minimum Gasteiger partial charge on any atom is -0.497 e. The third-order valence-corrected chi connectivity index (χ3v) is 3.00. The van der Waals surface area contributed by atoms with Crippen molar-refractivity contribution < 1.29 is 14.3 Å². The number of methoxy groups -OCH3 is 1. The highest BCUT2D eigenvalue weighted by molar-refractivity contribution is 5.72. The Hall–Kier alpha value is -1.51. The monoisotopic (exact) mass is 220 g/mol. The van der Waals surface area contributed by atoms with Gasteiger partial charge in [-0.3, -0.25) is 4.79 Å². The maximum atomic E-state index is 11.1. The first kappa shape index (κ1) is 11.0. The fourth-order valence-electron chi connectivity index (χ4n) is 1.96. The van der Waals surface area contributed by atoms with Gasteiger partial charge in [-0.15, -0.1) is 0 Å². The van der Waals surface area contributed by atoms with Gasteiger partial charge in [-0.1, -0.05) is 19.1 Å². The van der Waals surface area contributed by atoms with Crippen LogP contribution in [0.4, 0.5) is 0 Å². The molecule has 1 saturated heterocycles. The van der Waals surface area contributed by atoms with Gasteiger partial charge >= 0.3 is 5.97 Å². The zero-order valence-corrected chi connectivity index (χ0v) is 9.60. The number of hydrogen-bond donors (Lipinski definition) is 0. The standard InChI is InChI=1S/C13H16O3/c1-9-7-13(14)16-12(9)8-10-3-5-11(15-2)6-4-10/h3-6,9,12H,7-8H2,1-2H3. The number of hydrogen-bond acceptors (Lipinski definition) is 3. The van der Waals surface area contributed by atoms with Crippen LogP contribution in [-0.2, 0) is 16.0 Å². The molecule has 1 fully saturated rings. The molecule has 16 heavy (non-hydrogen) atoms. The van der Waals surface area contributed by atoms with Crippen molar-refractivity contribution in [3.05, 3.63) is 29.8 Å². The maximum Gasteiger partial charge on any atom is 0.306 e. The minimum atomic E-state index is -0.0778. The van der Waals surface area contributed by atoms with Gasteiger partial charge in [0.25, 0.3) is 0 Å². The number of cyclic esters (lactones) is 1. The van der Waals surface area contributed by atoms with Gasteiger partial charge in [-0.25, -0.2) is 0 Å². The van der Waals surface area contributed by atoms with E-state index in [9.17, 15) is 4.79 Å². The SMILES string of the molecule is COc1ccc(CC2OC(=O)CC2C)cc1. The summed E-state index contributed by atoms with van der Waals surface area (Å²) in [5, 5.41) is 0. The van der Waals surface area contributed by atoms with Gasteiger partial charge in [-0.2, -0.15) is 0 Å². The summed E-state index contributed by atoms with van der Waals surface area (Å²) in [6.07, 6.45) is 1.36. The lowest BCUT2D eigenvalue weighted by Gasteiger charge is -2.13. The number of esters is 1. The normalized spacial score (nSPS) is 24.2. The van der Waals surface area contributed by atoms with Crippen molar-refractivity contribution in [2.75, 3.05) is 7.11 Å². The highest BCUT2D eigenvalue weighted by Crippen LogP contribution is 2.25. The van der Waals surface area contributed by atoms with Gasteiger partial charge in [0.15, 0.2) is 0 Å². The van der Waals surface area contributed by atoms with Crippen LogP contribution in [0.2, 0.25) is 0 Å². The number of ether oxygens (including phenoxy) is 2. The number of carbonyl (C=O) groups is 1. The molecule has 2 unspecified atom stereocenters. The zero-order valence-electron chi connectivity index (χ0n) is 9.60. The molecular weight excluding hydrogens is 204 g/mol. The van der Waals surface area contributed by atoms with Crippen molar-refractivity contribution in [1.82, 2.24) is 0 Å². The Morgan fingerprint density at radius 1 is 1.38 bits per heavy atom. The highest BCUT2D eigenvalue weighted by Gasteiger charge is 2.31. The predicted molar refractivity (Wildman–Crippen MR) is 60.4 cm³/mol. The smallest absolute Gasteiger partial charge is 0.306 e. The summed E-state index contributed by atoms with van der Waals surface area (Å²) in [6.45, 7) is 2.05. The van der Waals surface area contributed by atoms with Crippen LogP contribution in [-0.4, -0.2) is 19.2 Å². The molecular formula is C13H16O3. The van der Waals surface area contributed by atoms with Crippen molar-refractivity contribution in [2.24, 2.45) is 5.92 Å². The summed E-state index contributed by atoms with van der Waals surface area (Å²) in [4.78, 5) is 11.1. The molecule has 1 aliphatic rings. The van der Waals surface area contributed by atoms with Gasteiger partial charge in [0.1, 0.15) is 11.9 Å². The van der Waals surface area contributed by atoms with E-state index < -0.39 is 0 Å². The van der Waals surface area contributed by atoms with Crippen LogP contribution < -0.4 is 4.74 Å². The van der Waals surface area contributed by atoms with Crippen LogP contribution in [0.5, 0.6) is 5.75 Å². The molecule has 1 aromatic carbocycles. The third kappa shape index (κ3) is 2.35. The molecule has 0 bridgehead atoms. The average Bonchev–Trinajstić information content (AvgIpc) is 2.59. The molecule has 3 heteroatoms. The van der Waals surface area contributed by atoms with Crippen molar-refractivity contribution in [3.63, 3.8) is 0 Å². The lowest BCUT2D eigenvalue weighted by atomic mass is 9.97. The van der Waals surface area contributed by atoms with Gasteiger partial charge in [0.05, 0.1) is 13.5 Å².